The number of para-hydroxylation sites is 1. The molecule has 0 radical (unpaired) electrons. The standard InChI is InChI=1S/C16H19O2P/c1-12(2)19(3,18)16-11-7-5-9-14(16)13-8-4-6-10-15(13)17/h4-12,17H,1-3H3/t19-/m1/s1. The first-order chi connectivity index (χ1) is 8.94. The van der Waals surface area contributed by atoms with Crippen molar-refractivity contribution in [2.45, 2.75) is 19.5 Å². The average Bonchev–Trinajstić information content (AvgIpc) is 2.39. The summed E-state index contributed by atoms with van der Waals surface area (Å²) in [7, 11) is -2.45. The van der Waals surface area contributed by atoms with Crippen LogP contribution in [-0.2, 0) is 4.57 Å². The largest absolute Gasteiger partial charge is 0.507 e. The van der Waals surface area contributed by atoms with Crippen LogP contribution in [0.2, 0.25) is 0 Å². The van der Waals surface area contributed by atoms with Crippen LogP contribution in [0.1, 0.15) is 13.8 Å². The zero-order chi connectivity index (χ0) is 14.0. The Balaban J connectivity index is 2.68. The summed E-state index contributed by atoms with van der Waals surface area (Å²) in [4.78, 5) is 0. The van der Waals surface area contributed by atoms with Gasteiger partial charge in [0, 0.05) is 16.5 Å². The third kappa shape index (κ3) is 2.59. The first-order valence-electron chi connectivity index (χ1n) is 6.39. The molecule has 3 heteroatoms. The van der Waals surface area contributed by atoms with Crippen molar-refractivity contribution >= 4 is 12.4 Å². The van der Waals surface area contributed by atoms with Crippen LogP contribution in [0, 0.1) is 0 Å². The van der Waals surface area contributed by atoms with Gasteiger partial charge < -0.3 is 9.67 Å². The molecule has 0 fully saturated rings. The van der Waals surface area contributed by atoms with E-state index in [1.807, 2.05) is 56.9 Å². The molecule has 1 N–H and O–H groups in total. The van der Waals surface area contributed by atoms with E-state index in [0.29, 0.717) is 0 Å². The van der Waals surface area contributed by atoms with Crippen LogP contribution in [0.4, 0.5) is 0 Å². The van der Waals surface area contributed by atoms with Gasteiger partial charge >= 0.3 is 0 Å². The molecule has 0 unspecified atom stereocenters. The number of hydrogen-bond donors (Lipinski definition) is 1. The number of benzene rings is 2. The summed E-state index contributed by atoms with van der Waals surface area (Å²) in [6.45, 7) is 5.77. The van der Waals surface area contributed by atoms with Crippen molar-refractivity contribution in [2.24, 2.45) is 0 Å². The van der Waals surface area contributed by atoms with Gasteiger partial charge in [-0.25, -0.2) is 0 Å². The molecule has 0 aliphatic rings. The molecule has 2 aromatic carbocycles. The molecule has 0 spiro atoms. The SMILES string of the molecule is CC(C)[P@@](C)(=O)c1ccccc1-c1ccccc1O. The summed E-state index contributed by atoms with van der Waals surface area (Å²) in [5.41, 5.74) is 1.68. The second-order valence-corrected chi connectivity index (χ2v) is 8.61. The quantitative estimate of drug-likeness (QED) is 0.856. The number of phenolic OH excluding ortho intramolecular Hbond substituents is 1. The van der Waals surface area contributed by atoms with Crippen molar-refractivity contribution in [3.63, 3.8) is 0 Å². The Morgan fingerprint density at radius 3 is 2.05 bits per heavy atom. The molecule has 2 rings (SSSR count). The van der Waals surface area contributed by atoms with Crippen molar-refractivity contribution in [1.82, 2.24) is 0 Å². The molecule has 100 valence electrons. The minimum atomic E-state index is -2.45. The summed E-state index contributed by atoms with van der Waals surface area (Å²) < 4.78 is 12.9. The van der Waals surface area contributed by atoms with E-state index in [9.17, 15) is 9.67 Å². The molecular formula is C16H19O2P. The molecule has 2 nitrogen and oxygen atoms in total. The highest BCUT2D eigenvalue weighted by atomic mass is 31.2. The molecule has 0 aliphatic carbocycles. The molecule has 0 amide bonds. The fourth-order valence-electron chi connectivity index (χ4n) is 2.07. The molecule has 0 saturated carbocycles. The van der Waals surface area contributed by atoms with E-state index in [4.69, 9.17) is 0 Å². The highest BCUT2D eigenvalue weighted by molar-refractivity contribution is 7.71. The van der Waals surface area contributed by atoms with E-state index in [2.05, 4.69) is 0 Å². The summed E-state index contributed by atoms with van der Waals surface area (Å²) in [5.74, 6) is 0.221. The molecule has 19 heavy (non-hydrogen) atoms. The van der Waals surface area contributed by atoms with Crippen molar-refractivity contribution in [1.29, 1.82) is 0 Å². The summed E-state index contributed by atoms with van der Waals surface area (Å²) >= 11 is 0. The average molecular weight is 274 g/mol. The highest BCUT2D eigenvalue weighted by Gasteiger charge is 2.26. The van der Waals surface area contributed by atoms with Gasteiger partial charge in [0.05, 0.1) is 0 Å². The molecule has 2 aromatic rings. The Bertz CT molecular complexity index is 632. The van der Waals surface area contributed by atoms with Gasteiger partial charge in [0.25, 0.3) is 0 Å². The Morgan fingerprint density at radius 2 is 1.47 bits per heavy atom. The van der Waals surface area contributed by atoms with Crippen LogP contribution in [0.5, 0.6) is 5.75 Å². The zero-order valence-electron chi connectivity index (χ0n) is 11.5. The van der Waals surface area contributed by atoms with E-state index in [1.54, 1.807) is 12.1 Å². The zero-order valence-corrected chi connectivity index (χ0v) is 12.4. The van der Waals surface area contributed by atoms with Gasteiger partial charge in [0.15, 0.2) is 0 Å². The van der Waals surface area contributed by atoms with E-state index in [-0.39, 0.29) is 11.4 Å². The maximum atomic E-state index is 12.9. The molecule has 0 saturated heterocycles. The van der Waals surface area contributed by atoms with Crippen LogP contribution in [-0.4, -0.2) is 17.4 Å². The van der Waals surface area contributed by atoms with Crippen molar-refractivity contribution < 1.29 is 9.67 Å². The van der Waals surface area contributed by atoms with Gasteiger partial charge in [-0.1, -0.05) is 56.3 Å². The predicted octanol–water partition coefficient (Wildman–Crippen LogP) is 4.09. The maximum Gasteiger partial charge on any atom is 0.123 e. The molecule has 0 heterocycles. The van der Waals surface area contributed by atoms with Gasteiger partial charge in [0.2, 0.25) is 0 Å². The lowest BCUT2D eigenvalue weighted by molar-refractivity contribution is 0.477. The van der Waals surface area contributed by atoms with E-state index in [1.165, 1.54) is 0 Å². The minimum Gasteiger partial charge on any atom is -0.507 e. The van der Waals surface area contributed by atoms with Gasteiger partial charge in [-0.2, -0.15) is 0 Å². The fraction of sp³-hybridized carbons (Fsp3) is 0.250. The lowest BCUT2D eigenvalue weighted by atomic mass is 10.0. The van der Waals surface area contributed by atoms with Crippen LogP contribution in [0.25, 0.3) is 11.1 Å². The Morgan fingerprint density at radius 1 is 0.947 bits per heavy atom. The maximum absolute atomic E-state index is 12.9. The van der Waals surface area contributed by atoms with Crippen molar-refractivity contribution in [2.75, 3.05) is 6.66 Å². The molecule has 0 aliphatic heterocycles. The summed E-state index contributed by atoms with van der Waals surface area (Å²) in [6.07, 6.45) is 0. The molecule has 1 atom stereocenters. The monoisotopic (exact) mass is 274 g/mol. The predicted molar refractivity (Wildman–Crippen MR) is 81.8 cm³/mol. The normalized spacial score (nSPS) is 14.3. The van der Waals surface area contributed by atoms with E-state index >= 15 is 0 Å². The topological polar surface area (TPSA) is 37.3 Å². The first kappa shape index (κ1) is 13.9. The van der Waals surface area contributed by atoms with Gasteiger partial charge in [0.1, 0.15) is 12.9 Å². The minimum absolute atomic E-state index is 0.0829. The van der Waals surface area contributed by atoms with Crippen molar-refractivity contribution in [3.8, 4) is 16.9 Å². The number of rotatable bonds is 3. The first-order valence-corrected chi connectivity index (χ1v) is 8.62. The highest BCUT2D eigenvalue weighted by Crippen LogP contribution is 2.48. The molecule has 0 aromatic heterocycles. The van der Waals surface area contributed by atoms with Gasteiger partial charge in [-0.3, -0.25) is 0 Å². The third-order valence-corrected chi connectivity index (χ3v) is 6.88. The van der Waals surface area contributed by atoms with E-state index < -0.39 is 7.14 Å². The fourth-order valence-corrected chi connectivity index (χ4v) is 3.68. The van der Waals surface area contributed by atoms with Gasteiger partial charge in [-0.15, -0.1) is 0 Å². The van der Waals surface area contributed by atoms with Crippen LogP contribution in [0.15, 0.2) is 48.5 Å². The van der Waals surface area contributed by atoms with Crippen LogP contribution < -0.4 is 5.30 Å². The third-order valence-electron chi connectivity index (χ3n) is 3.56. The second-order valence-electron chi connectivity index (χ2n) is 5.12. The lowest BCUT2D eigenvalue weighted by Crippen LogP contribution is -2.14. The Labute approximate surface area is 114 Å². The number of hydrogen-bond acceptors (Lipinski definition) is 2. The Hall–Kier alpha value is -1.53. The van der Waals surface area contributed by atoms with Gasteiger partial charge in [-0.05, 0) is 18.3 Å². The smallest absolute Gasteiger partial charge is 0.123 e. The van der Waals surface area contributed by atoms with E-state index in [0.717, 1.165) is 16.4 Å². The molecular weight excluding hydrogens is 255 g/mol. The summed E-state index contributed by atoms with van der Waals surface area (Å²) in [6, 6.07) is 14.8. The molecule has 0 bridgehead atoms. The van der Waals surface area contributed by atoms with Crippen LogP contribution >= 0.6 is 7.14 Å². The Kier molecular flexibility index (Phi) is 3.82. The number of aromatic hydroxyl groups is 1. The summed E-state index contributed by atoms with van der Waals surface area (Å²) in [5, 5.41) is 10.8. The lowest BCUT2D eigenvalue weighted by Gasteiger charge is -2.21. The number of phenols is 1. The van der Waals surface area contributed by atoms with Crippen LogP contribution in [0.3, 0.4) is 0 Å². The second kappa shape index (κ2) is 5.22. The van der Waals surface area contributed by atoms with Crippen molar-refractivity contribution in [3.05, 3.63) is 48.5 Å².